The van der Waals surface area contributed by atoms with E-state index >= 15 is 0 Å². The maximum atomic E-state index is 12.3. The maximum absolute atomic E-state index is 12.3. The number of unbranched alkanes of at least 4 members (excludes halogenated alkanes) is 5. The van der Waals surface area contributed by atoms with Gasteiger partial charge in [-0.1, -0.05) is 39.0 Å². The molecule has 0 unspecified atom stereocenters. The minimum atomic E-state index is -0.299. The quantitative estimate of drug-likeness (QED) is 0.475. The standard InChI is InChI=1S/C19H31N3O3/c1-5-6-7-8-9-10-13-20-19(24)17(21-15(2)23)14-16-11-12-18(25-16)22(3)4/h11-12,14H,5-10,13H2,1-4H3,(H,20,24)(H,21,23). The zero-order valence-electron chi connectivity index (χ0n) is 15.9. The summed E-state index contributed by atoms with van der Waals surface area (Å²) in [4.78, 5) is 25.5. The zero-order valence-corrected chi connectivity index (χ0v) is 15.9. The Morgan fingerprint density at radius 2 is 1.80 bits per heavy atom. The molecule has 0 aliphatic rings. The van der Waals surface area contributed by atoms with Crippen LogP contribution in [0.25, 0.3) is 6.08 Å². The summed E-state index contributed by atoms with van der Waals surface area (Å²) in [5, 5.41) is 5.43. The Morgan fingerprint density at radius 1 is 1.12 bits per heavy atom. The summed E-state index contributed by atoms with van der Waals surface area (Å²) < 4.78 is 5.61. The molecule has 0 saturated carbocycles. The van der Waals surface area contributed by atoms with Gasteiger partial charge in [-0.15, -0.1) is 0 Å². The molecule has 1 rings (SSSR count). The number of carbonyl (C=O) groups is 2. The van der Waals surface area contributed by atoms with Crippen LogP contribution in [0.15, 0.2) is 22.2 Å². The van der Waals surface area contributed by atoms with Gasteiger partial charge in [0.25, 0.3) is 5.91 Å². The van der Waals surface area contributed by atoms with Crippen LogP contribution in [-0.2, 0) is 9.59 Å². The topological polar surface area (TPSA) is 74.6 Å². The van der Waals surface area contributed by atoms with Gasteiger partial charge in [0.05, 0.1) is 0 Å². The maximum Gasteiger partial charge on any atom is 0.267 e. The molecule has 1 aromatic heterocycles. The third kappa shape index (κ3) is 8.42. The summed E-state index contributed by atoms with van der Waals surface area (Å²) >= 11 is 0. The summed E-state index contributed by atoms with van der Waals surface area (Å²) in [6.07, 6.45) is 8.51. The number of amides is 2. The molecule has 2 amide bonds. The smallest absolute Gasteiger partial charge is 0.267 e. The number of furan rings is 1. The molecule has 1 aromatic rings. The van der Waals surface area contributed by atoms with Crippen molar-refractivity contribution >= 4 is 23.8 Å². The van der Waals surface area contributed by atoms with Crippen molar-refractivity contribution in [2.24, 2.45) is 0 Å². The largest absolute Gasteiger partial charge is 0.441 e. The fraction of sp³-hybridized carbons (Fsp3) is 0.579. The Balaban J connectivity index is 2.57. The molecule has 0 saturated heterocycles. The van der Waals surface area contributed by atoms with Crippen molar-refractivity contribution in [3.63, 3.8) is 0 Å². The molecule has 1 heterocycles. The van der Waals surface area contributed by atoms with Gasteiger partial charge in [-0.3, -0.25) is 9.59 Å². The molecule has 0 aromatic carbocycles. The van der Waals surface area contributed by atoms with Gasteiger partial charge < -0.3 is 20.0 Å². The van der Waals surface area contributed by atoms with Gasteiger partial charge in [0, 0.05) is 39.7 Å². The highest BCUT2D eigenvalue weighted by atomic mass is 16.4. The molecule has 25 heavy (non-hydrogen) atoms. The first-order valence-corrected chi connectivity index (χ1v) is 8.98. The molecule has 2 N–H and O–H groups in total. The molecule has 0 aliphatic carbocycles. The highest BCUT2D eigenvalue weighted by Gasteiger charge is 2.12. The van der Waals surface area contributed by atoms with Crippen molar-refractivity contribution in [3.05, 3.63) is 23.6 Å². The molecule has 0 aliphatic heterocycles. The van der Waals surface area contributed by atoms with E-state index in [0.29, 0.717) is 18.2 Å². The van der Waals surface area contributed by atoms with Crippen molar-refractivity contribution in [1.82, 2.24) is 10.6 Å². The number of anilines is 1. The van der Waals surface area contributed by atoms with Crippen LogP contribution >= 0.6 is 0 Å². The summed E-state index contributed by atoms with van der Waals surface area (Å²) in [5.74, 6) is 0.606. The van der Waals surface area contributed by atoms with Crippen LogP contribution in [0.1, 0.15) is 58.1 Å². The van der Waals surface area contributed by atoms with E-state index in [4.69, 9.17) is 4.42 Å². The lowest BCUT2D eigenvalue weighted by Crippen LogP contribution is -2.34. The van der Waals surface area contributed by atoms with E-state index in [1.807, 2.05) is 25.1 Å². The molecule has 0 atom stereocenters. The monoisotopic (exact) mass is 349 g/mol. The zero-order chi connectivity index (χ0) is 18.7. The number of rotatable bonds is 11. The highest BCUT2D eigenvalue weighted by molar-refractivity contribution is 6.00. The average molecular weight is 349 g/mol. The Morgan fingerprint density at radius 3 is 2.40 bits per heavy atom. The Hall–Kier alpha value is -2.24. The van der Waals surface area contributed by atoms with Gasteiger partial charge in [0.2, 0.25) is 5.91 Å². The number of nitrogens with zero attached hydrogens (tertiary/aromatic N) is 1. The van der Waals surface area contributed by atoms with E-state index in [1.165, 1.54) is 32.6 Å². The van der Waals surface area contributed by atoms with Crippen LogP contribution in [-0.4, -0.2) is 32.5 Å². The van der Waals surface area contributed by atoms with Gasteiger partial charge >= 0.3 is 0 Å². The second-order valence-electron chi connectivity index (χ2n) is 6.33. The number of nitrogens with one attached hydrogen (secondary N) is 2. The second-order valence-corrected chi connectivity index (χ2v) is 6.33. The Kier molecular flexibility index (Phi) is 9.43. The van der Waals surface area contributed by atoms with E-state index in [9.17, 15) is 9.59 Å². The van der Waals surface area contributed by atoms with Crippen LogP contribution < -0.4 is 15.5 Å². The first kappa shape index (κ1) is 20.8. The molecule has 6 heteroatoms. The van der Waals surface area contributed by atoms with Crippen LogP contribution in [0.2, 0.25) is 0 Å². The van der Waals surface area contributed by atoms with Crippen LogP contribution in [0, 0.1) is 0 Å². The van der Waals surface area contributed by atoms with E-state index in [1.54, 1.807) is 12.1 Å². The van der Waals surface area contributed by atoms with E-state index in [-0.39, 0.29) is 17.5 Å². The molecule has 140 valence electrons. The van der Waals surface area contributed by atoms with Gasteiger partial charge in [0.15, 0.2) is 5.88 Å². The third-order valence-corrected chi connectivity index (χ3v) is 3.71. The van der Waals surface area contributed by atoms with Crippen molar-refractivity contribution in [3.8, 4) is 0 Å². The molecular weight excluding hydrogens is 318 g/mol. The second kappa shape index (κ2) is 11.3. The number of hydrogen-bond acceptors (Lipinski definition) is 4. The number of hydrogen-bond donors (Lipinski definition) is 2. The predicted octanol–water partition coefficient (Wildman–Crippen LogP) is 3.30. The average Bonchev–Trinajstić information content (AvgIpc) is 3.01. The van der Waals surface area contributed by atoms with Crippen LogP contribution in [0.3, 0.4) is 0 Å². The van der Waals surface area contributed by atoms with Crippen molar-refractivity contribution in [1.29, 1.82) is 0 Å². The first-order valence-electron chi connectivity index (χ1n) is 8.98. The molecule has 6 nitrogen and oxygen atoms in total. The lowest BCUT2D eigenvalue weighted by atomic mass is 10.1. The normalized spacial score (nSPS) is 11.3. The van der Waals surface area contributed by atoms with E-state index in [2.05, 4.69) is 17.6 Å². The number of carbonyl (C=O) groups excluding carboxylic acids is 2. The Labute approximate surface area is 150 Å². The SMILES string of the molecule is CCCCCCCCNC(=O)C(=Cc1ccc(N(C)C)o1)NC(C)=O. The molecule has 0 fully saturated rings. The lowest BCUT2D eigenvalue weighted by Gasteiger charge is -2.09. The van der Waals surface area contributed by atoms with E-state index in [0.717, 1.165) is 12.8 Å². The van der Waals surface area contributed by atoms with Gasteiger partial charge in [-0.05, 0) is 12.5 Å². The molecule has 0 spiro atoms. The van der Waals surface area contributed by atoms with Crippen LogP contribution in [0.4, 0.5) is 5.88 Å². The minimum Gasteiger partial charge on any atom is -0.441 e. The molecule has 0 radical (unpaired) electrons. The fourth-order valence-electron chi connectivity index (χ4n) is 2.35. The summed E-state index contributed by atoms with van der Waals surface area (Å²) in [7, 11) is 3.74. The molecular formula is C19H31N3O3. The van der Waals surface area contributed by atoms with Crippen molar-refractivity contribution in [2.75, 3.05) is 25.5 Å². The third-order valence-electron chi connectivity index (χ3n) is 3.71. The van der Waals surface area contributed by atoms with Crippen molar-refractivity contribution in [2.45, 2.75) is 52.4 Å². The lowest BCUT2D eigenvalue weighted by molar-refractivity contribution is -0.122. The van der Waals surface area contributed by atoms with Gasteiger partial charge in [-0.2, -0.15) is 0 Å². The van der Waals surface area contributed by atoms with Crippen LogP contribution in [0.5, 0.6) is 0 Å². The van der Waals surface area contributed by atoms with E-state index < -0.39 is 0 Å². The van der Waals surface area contributed by atoms with Gasteiger partial charge in [-0.25, -0.2) is 0 Å². The Bertz CT molecular complexity index is 576. The summed E-state index contributed by atoms with van der Waals surface area (Å²) in [5.41, 5.74) is 0.193. The first-order chi connectivity index (χ1) is 11.9. The van der Waals surface area contributed by atoms with Crippen molar-refractivity contribution < 1.29 is 14.0 Å². The molecule has 0 bridgehead atoms. The highest BCUT2D eigenvalue weighted by Crippen LogP contribution is 2.18. The predicted molar refractivity (Wildman–Crippen MR) is 101 cm³/mol. The minimum absolute atomic E-state index is 0.193. The fourth-order valence-corrected chi connectivity index (χ4v) is 2.35. The summed E-state index contributed by atoms with van der Waals surface area (Å²) in [6, 6.07) is 3.57. The van der Waals surface area contributed by atoms with Gasteiger partial charge in [0.1, 0.15) is 11.5 Å². The summed E-state index contributed by atoms with van der Waals surface area (Å²) in [6.45, 7) is 4.17.